The predicted molar refractivity (Wildman–Crippen MR) is 106 cm³/mol. The van der Waals surface area contributed by atoms with Gasteiger partial charge >= 0.3 is 0 Å². The minimum Gasteiger partial charge on any atom is -0.479 e. The van der Waals surface area contributed by atoms with Crippen molar-refractivity contribution < 1.29 is 9.53 Å². The quantitative estimate of drug-likeness (QED) is 0.669. The number of allylic oxidation sites excluding steroid dienone is 1. The standard InChI is InChI=1S/C19H20O2S3/c1-19(15-5-3-2-4-6-15)18(20)12-16(21-19)11-17(24-10-8-22)14-7-9-23-13-14/h2-7,9,12-13,17,22H,8,10-11H2,1H3. The molecule has 0 radical (unpaired) electrons. The molecule has 1 aliphatic heterocycles. The van der Waals surface area contributed by atoms with E-state index in [0.717, 1.165) is 29.2 Å². The Morgan fingerprint density at radius 2 is 2.08 bits per heavy atom. The van der Waals surface area contributed by atoms with E-state index in [1.807, 2.05) is 49.0 Å². The fraction of sp³-hybridized carbons (Fsp3) is 0.316. The minimum absolute atomic E-state index is 0.0203. The third-order valence-electron chi connectivity index (χ3n) is 4.13. The van der Waals surface area contributed by atoms with Gasteiger partial charge in [0.05, 0.1) is 0 Å². The zero-order valence-corrected chi connectivity index (χ0v) is 16.0. The number of carbonyl (C=O) groups excluding carboxylic acids is 1. The number of ketones is 1. The molecule has 0 bridgehead atoms. The minimum atomic E-state index is -0.899. The number of thioether (sulfide) groups is 1. The zero-order valence-electron chi connectivity index (χ0n) is 13.5. The zero-order chi connectivity index (χ0) is 17.0. The van der Waals surface area contributed by atoms with Crippen LogP contribution in [-0.2, 0) is 15.1 Å². The Morgan fingerprint density at radius 3 is 2.75 bits per heavy atom. The van der Waals surface area contributed by atoms with Crippen LogP contribution in [0.5, 0.6) is 0 Å². The van der Waals surface area contributed by atoms with Gasteiger partial charge in [-0.05, 0) is 35.1 Å². The van der Waals surface area contributed by atoms with E-state index in [4.69, 9.17) is 4.74 Å². The molecule has 5 heteroatoms. The smallest absolute Gasteiger partial charge is 0.206 e. The monoisotopic (exact) mass is 376 g/mol. The normalized spacial score (nSPS) is 21.4. The van der Waals surface area contributed by atoms with E-state index in [2.05, 4.69) is 29.5 Å². The van der Waals surface area contributed by atoms with E-state index in [1.54, 1.807) is 17.4 Å². The van der Waals surface area contributed by atoms with E-state index in [0.29, 0.717) is 5.25 Å². The Bertz CT molecular complexity index is 709. The summed E-state index contributed by atoms with van der Waals surface area (Å²) in [4.78, 5) is 12.6. The van der Waals surface area contributed by atoms with Gasteiger partial charge in [-0.1, -0.05) is 30.3 Å². The van der Waals surface area contributed by atoms with Gasteiger partial charge in [0.1, 0.15) is 5.76 Å². The second kappa shape index (κ2) is 7.81. The van der Waals surface area contributed by atoms with Crippen LogP contribution >= 0.6 is 35.7 Å². The van der Waals surface area contributed by atoms with Crippen molar-refractivity contribution in [2.75, 3.05) is 11.5 Å². The molecule has 1 aliphatic rings. The van der Waals surface area contributed by atoms with E-state index in [1.165, 1.54) is 5.56 Å². The molecule has 0 N–H and O–H groups in total. The highest BCUT2D eigenvalue weighted by Crippen LogP contribution is 2.42. The Hall–Kier alpha value is -1.17. The van der Waals surface area contributed by atoms with Crippen molar-refractivity contribution in [2.45, 2.75) is 24.2 Å². The maximum absolute atomic E-state index is 12.6. The first kappa shape index (κ1) is 17.6. The van der Waals surface area contributed by atoms with E-state index >= 15 is 0 Å². The molecule has 1 aromatic carbocycles. The van der Waals surface area contributed by atoms with Gasteiger partial charge in [0.15, 0.2) is 5.60 Å². The molecule has 0 saturated heterocycles. The average Bonchev–Trinajstić information content (AvgIpc) is 3.22. The van der Waals surface area contributed by atoms with Crippen LogP contribution in [0.15, 0.2) is 59.0 Å². The summed E-state index contributed by atoms with van der Waals surface area (Å²) in [6.07, 6.45) is 2.40. The molecule has 3 rings (SSSR count). The average molecular weight is 377 g/mol. The molecule has 126 valence electrons. The highest BCUT2D eigenvalue weighted by atomic mass is 32.2. The number of carbonyl (C=O) groups is 1. The number of thiol groups is 1. The SMILES string of the molecule is CC1(c2ccccc2)OC(CC(SCCS)c2ccsc2)=CC1=O. The summed E-state index contributed by atoms with van der Waals surface area (Å²) >= 11 is 7.87. The van der Waals surface area contributed by atoms with Crippen molar-refractivity contribution >= 4 is 41.5 Å². The summed E-state index contributed by atoms with van der Waals surface area (Å²) in [6, 6.07) is 11.9. The number of rotatable bonds is 7. The van der Waals surface area contributed by atoms with Gasteiger partial charge in [-0.25, -0.2) is 0 Å². The largest absolute Gasteiger partial charge is 0.479 e. The first-order valence-electron chi connectivity index (χ1n) is 7.87. The lowest BCUT2D eigenvalue weighted by molar-refractivity contribution is -0.129. The molecule has 24 heavy (non-hydrogen) atoms. The Labute approximate surface area is 156 Å². The number of hydrogen-bond donors (Lipinski definition) is 1. The van der Waals surface area contributed by atoms with Crippen LogP contribution in [0.25, 0.3) is 0 Å². The molecule has 0 spiro atoms. The lowest BCUT2D eigenvalue weighted by atomic mass is 9.92. The molecule has 2 atom stereocenters. The van der Waals surface area contributed by atoms with Crippen LogP contribution in [0.3, 0.4) is 0 Å². The summed E-state index contributed by atoms with van der Waals surface area (Å²) in [5.74, 6) is 2.60. The maximum Gasteiger partial charge on any atom is 0.206 e. The third-order valence-corrected chi connectivity index (χ3v) is 6.64. The fourth-order valence-electron chi connectivity index (χ4n) is 2.79. The second-order valence-electron chi connectivity index (χ2n) is 5.82. The van der Waals surface area contributed by atoms with E-state index < -0.39 is 5.60 Å². The number of benzene rings is 1. The van der Waals surface area contributed by atoms with Crippen molar-refractivity contribution in [1.29, 1.82) is 0 Å². The van der Waals surface area contributed by atoms with Crippen molar-refractivity contribution in [1.82, 2.24) is 0 Å². The van der Waals surface area contributed by atoms with Crippen molar-refractivity contribution in [3.8, 4) is 0 Å². The third kappa shape index (κ3) is 3.73. The lowest BCUT2D eigenvalue weighted by Gasteiger charge is -2.25. The van der Waals surface area contributed by atoms with Crippen molar-refractivity contribution in [3.63, 3.8) is 0 Å². The fourth-order valence-corrected chi connectivity index (χ4v) is 4.92. The topological polar surface area (TPSA) is 26.3 Å². The molecule has 2 unspecified atom stereocenters. The maximum atomic E-state index is 12.6. The molecular formula is C19H20O2S3. The van der Waals surface area contributed by atoms with Crippen LogP contribution in [0, 0.1) is 0 Å². The Balaban J connectivity index is 1.76. The second-order valence-corrected chi connectivity index (χ2v) is 8.36. The first-order valence-corrected chi connectivity index (χ1v) is 10.5. The van der Waals surface area contributed by atoms with Crippen molar-refractivity contribution in [3.05, 3.63) is 70.1 Å². The molecule has 0 aliphatic carbocycles. The van der Waals surface area contributed by atoms with Crippen LogP contribution in [0.2, 0.25) is 0 Å². The summed E-state index contributed by atoms with van der Waals surface area (Å²) in [7, 11) is 0. The van der Waals surface area contributed by atoms with Gasteiger partial charge in [0, 0.05) is 29.1 Å². The van der Waals surface area contributed by atoms with Crippen molar-refractivity contribution in [2.24, 2.45) is 0 Å². The highest BCUT2D eigenvalue weighted by Gasteiger charge is 2.42. The number of thiophene rings is 1. The van der Waals surface area contributed by atoms with Gasteiger partial charge in [-0.2, -0.15) is 35.7 Å². The molecule has 2 heterocycles. The van der Waals surface area contributed by atoms with E-state index in [9.17, 15) is 4.79 Å². The van der Waals surface area contributed by atoms with Crippen LogP contribution in [-0.4, -0.2) is 17.3 Å². The number of ether oxygens (including phenoxy) is 1. The molecule has 0 saturated carbocycles. The molecule has 0 amide bonds. The van der Waals surface area contributed by atoms with Gasteiger partial charge in [0.2, 0.25) is 5.78 Å². The van der Waals surface area contributed by atoms with Gasteiger partial charge in [-0.3, -0.25) is 4.79 Å². The van der Waals surface area contributed by atoms with Gasteiger partial charge in [0.25, 0.3) is 0 Å². The lowest BCUT2D eigenvalue weighted by Crippen LogP contribution is -2.29. The molecule has 2 aromatic rings. The van der Waals surface area contributed by atoms with E-state index in [-0.39, 0.29) is 5.78 Å². The summed E-state index contributed by atoms with van der Waals surface area (Å²) in [5, 5.41) is 4.55. The molecule has 1 aromatic heterocycles. The Morgan fingerprint density at radius 1 is 1.29 bits per heavy atom. The number of hydrogen-bond acceptors (Lipinski definition) is 5. The van der Waals surface area contributed by atoms with Gasteiger partial charge < -0.3 is 4.74 Å². The highest BCUT2D eigenvalue weighted by molar-refractivity contribution is 8.00. The van der Waals surface area contributed by atoms with Gasteiger partial charge in [-0.15, -0.1) is 0 Å². The Kier molecular flexibility index (Phi) is 5.74. The van der Waals surface area contributed by atoms with Crippen LogP contribution < -0.4 is 0 Å². The summed E-state index contributed by atoms with van der Waals surface area (Å²) in [5.41, 5.74) is 1.29. The predicted octanol–water partition coefficient (Wildman–Crippen LogP) is 5.24. The molecule has 0 fully saturated rings. The van der Waals surface area contributed by atoms with Crippen LogP contribution in [0.4, 0.5) is 0 Å². The summed E-state index contributed by atoms with van der Waals surface area (Å²) < 4.78 is 6.14. The summed E-state index contributed by atoms with van der Waals surface area (Å²) in [6.45, 7) is 1.86. The first-order chi connectivity index (χ1) is 11.6. The molecule has 2 nitrogen and oxygen atoms in total. The molecular weight excluding hydrogens is 356 g/mol. The van der Waals surface area contributed by atoms with Crippen LogP contribution in [0.1, 0.15) is 29.7 Å².